The zero-order chi connectivity index (χ0) is 14.8. The summed E-state index contributed by atoms with van der Waals surface area (Å²) in [6, 6.07) is 3.60. The molecule has 0 fully saturated rings. The lowest BCUT2D eigenvalue weighted by Crippen LogP contribution is -2.37. The highest BCUT2D eigenvalue weighted by atomic mass is 16.4. The molecule has 20 heavy (non-hydrogen) atoms. The van der Waals surface area contributed by atoms with Crippen LogP contribution in [0.1, 0.15) is 25.3 Å². The Labute approximate surface area is 118 Å². The summed E-state index contributed by atoms with van der Waals surface area (Å²) in [7, 11) is 0. The van der Waals surface area contributed by atoms with Crippen LogP contribution in [0.4, 0.5) is 4.79 Å². The van der Waals surface area contributed by atoms with Crippen molar-refractivity contribution in [2.75, 3.05) is 13.1 Å². The molecule has 0 aromatic carbocycles. The molecule has 2 amide bonds. The van der Waals surface area contributed by atoms with Gasteiger partial charge in [-0.3, -0.25) is 9.78 Å². The minimum Gasteiger partial charge on any atom is -0.481 e. The van der Waals surface area contributed by atoms with Gasteiger partial charge in [-0.2, -0.15) is 0 Å². The Kier molecular flexibility index (Phi) is 7.10. The molecule has 1 aromatic rings. The van der Waals surface area contributed by atoms with Crippen molar-refractivity contribution in [3.05, 3.63) is 30.1 Å². The minimum atomic E-state index is -0.799. The van der Waals surface area contributed by atoms with Gasteiger partial charge >= 0.3 is 12.0 Å². The number of nitrogens with one attached hydrogen (secondary N) is 2. The van der Waals surface area contributed by atoms with Crippen LogP contribution in [-0.2, 0) is 11.2 Å². The van der Waals surface area contributed by atoms with Gasteiger partial charge < -0.3 is 15.7 Å². The normalized spacial score (nSPS) is 11.7. The van der Waals surface area contributed by atoms with Gasteiger partial charge in [-0.05, 0) is 37.0 Å². The summed E-state index contributed by atoms with van der Waals surface area (Å²) in [4.78, 5) is 26.0. The highest BCUT2D eigenvalue weighted by Gasteiger charge is 2.09. The predicted molar refractivity (Wildman–Crippen MR) is 75.4 cm³/mol. The first-order chi connectivity index (χ1) is 9.59. The number of nitrogens with zero attached hydrogens (tertiary/aromatic N) is 1. The maximum atomic E-state index is 11.5. The van der Waals surface area contributed by atoms with E-state index in [2.05, 4.69) is 15.6 Å². The fourth-order valence-corrected chi connectivity index (χ4v) is 1.67. The SMILES string of the molecule is CC(CCCNC(=O)NCCc1ccncc1)C(=O)O. The molecule has 0 aliphatic heterocycles. The molecule has 0 spiro atoms. The number of amides is 2. The summed E-state index contributed by atoms with van der Waals surface area (Å²) < 4.78 is 0. The van der Waals surface area contributed by atoms with Crippen LogP contribution in [0.15, 0.2) is 24.5 Å². The first-order valence-electron chi connectivity index (χ1n) is 6.73. The number of pyridine rings is 1. The maximum Gasteiger partial charge on any atom is 0.314 e. The smallest absolute Gasteiger partial charge is 0.314 e. The molecule has 0 aliphatic carbocycles. The molecule has 6 heteroatoms. The Morgan fingerprint density at radius 3 is 2.55 bits per heavy atom. The number of carbonyl (C=O) groups is 2. The number of carboxylic acid groups (broad SMARTS) is 1. The van der Waals surface area contributed by atoms with Gasteiger partial charge in [0, 0.05) is 25.5 Å². The molecule has 1 rings (SSSR count). The summed E-state index contributed by atoms with van der Waals surface area (Å²) in [5.74, 6) is -1.17. The van der Waals surface area contributed by atoms with Gasteiger partial charge in [-0.25, -0.2) is 4.79 Å². The third-order valence-corrected chi connectivity index (χ3v) is 2.97. The second-order valence-corrected chi connectivity index (χ2v) is 4.67. The van der Waals surface area contributed by atoms with Crippen molar-refractivity contribution in [3.63, 3.8) is 0 Å². The fraction of sp³-hybridized carbons (Fsp3) is 0.500. The quantitative estimate of drug-likeness (QED) is 0.628. The van der Waals surface area contributed by atoms with Crippen LogP contribution in [0.3, 0.4) is 0 Å². The largest absolute Gasteiger partial charge is 0.481 e. The minimum absolute atomic E-state index is 0.220. The van der Waals surface area contributed by atoms with Crippen LogP contribution in [0.2, 0.25) is 0 Å². The number of urea groups is 1. The van der Waals surface area contributed by atoms with Crippen LogP contribution in [-0.4, -0.2) is 35.2 Å². The lowest BCUT2D eigenvalue weighted by Gasteiger charge is -2.09. The van der Waals surface area contributed by atoms with E-state index in [-0.39, 0.29) is 11.9 Å². The number of rotatable bonds is 8. The number of hydrogen-bond donors (Lipinski definition) is 3. The second-order valence-electron chi connectivity index (χ2n) is 4.67. The van der Waals surface area contributed by atoms with Crippen molar-refractivity contribution in [2.24, 2.45) is 5.92 Å². The first-order valence-corrected chi connectivity index (χ1v) is 6.73. The number of carbonyl (C=O) groups excluding carboxylic acids is 1. The van der Waals surface area contributed by atoms with Crippen molar-refractivity contribution < 1.29 is 14.7 Å². The summed E-state index contributed by atoms with van der Waals surface area (Å²) in [6.45, 7) is 2.71. The lowest BCUT2D eigenvalue weighted by atomic mass is 10.1. The van der Waals surface area contributed by atoms with E-state index < -0.39 is 5.97 Å². The summed E-state index contributed by atoms with van der Waals surface area (Å²) in [6.07, 6.45) is 5.42. The molecule has 1 atom stereocenters. The highest BCUT2D eigenvalue weighted by Crippen LogP contribution is 2.04. The Hall–Kier alpha value is -2.11. The van der Waals surface area contributed by atoms with Crippen LogP contribution in [0.25, 0.3) is 0 Å². The van der Waals surface area contributed by atoms with Gasteiger partial charge in [0.05, 0.1) is 5.92 Å². The number of aliphatic carboxylic acids is 1. The molecule has 110 valence electrons. The van der Waals surface area contributed by atoms with E-state index in [1.807, 2.05) is 12.1 Å². The van der Waals surface area contributed by atoms with Crippen LogP contribution >= 0.6 is 0 Å². The number of carboxylic acids is 1. The summed E-state index contributed by atoms with van der Waals surface area (Å²) in [5, 5.41) is 14.2. The number of aromatic nitrogens is 1. The van der Waals surface area contributed by atoms with E-state index in [0.717, 1.165) is 12.0 Å². The molecule has 0 aliphatic rings. The molecule has 0 bridgehead atoms. The Morgan fingerprint density at radius 1 is 1.25 bits per heavy atom. The average Bonchev–Trinajstić information content (AvgIpc) is 2.44. The zero-order valence-electron chi connectivity index (χ0n) is 11.6. The topological polar surface area (TPSA) is 91.3 Å². The molecular formula is C14H21N3O3. The third-order valence-electron chi connectivity index (χ3n) is 2.97. The first kappa shape index (κ1) is 15.9. The molecule has 1 aromatic heterocycles. The van der Waals surface area contributed by atoms with Gasteiger partial charge in [-0.1, -0.05) is 6.92 Å². The summed E-state index contributed by atoms with van der Waals surface area (Å²) in [5.41, 5.74) is 1.12. The van der Waals surface area contributed by atoms with Gasteiger partial charge in [0.25, 0.3) is 0 Å². The van der Waals surface area contributed by atoms with Gasteiger partial charge in [0.2, 0.25) is 0 Å². The van der Waals surface area contributed by atoms with E-state index >= 15 is 0 Å². The van der Waals surface area contributed by atoms with Gasteiger partial charge in [0.15, 0.2) is 0 Å². The van der Waals surface area contributed by atoms with Crippen molar-refractivity contribution in [2.45, 2.75) is 26.2 Å². The standard InChI is InChI=1S/C14H21N3O3/c1-11(13(18)19)3-2-7-16-14(20)17-10-6-12-4-8-15-9-5-12/h4-5,8-9,11H,2-3,6-7,10H2,1H3,(H,18,19)(H2,16,17,20). The van der Waals surface area contributed by atoms with Crippen molar-refractivity contribution in [1.82, 2.24) is 15.6 Å². The second kappa shape index (κ2) is 8.90. The van der Waals surface area contributed by atoms with E-state index in [0.29, 0.717) is 25.9 Å². The molecule has 0 saturated carbocycles. The molecule has 1 heterocycles. The predicted octanol–water partition coefficient (Wildman–Crippen LogP) is 1.42. The highest BCUT2D eigenvalue weighted by molar-refractivity contribution is 5.73. The van der Waals surface area contributed by atoms with E-state index in [1.165, 1.54) is 0 Å². The molecule has 3 N–H and O–H groups in total. The van der Waals surface area contributed by atoms with Crippen LogP contribution in [0, 0.1) is 5.92 Å². The molecular weight excluding hydrogens is 258 g/mol. The van der Waals surface area contributed by atoms with Crippen LogP contribution in [0.5, 0.6) is 0 Å². The molecule has 0 radical (unpaired) electrons. The molecule has 1 unspecified atom stereocenters. The van der Waals surface area contributed by atoms with Gasteiger partial charge in [-0.15, -0.1) is 0 Å². The average molecular weight is 279 g/mol. The van der Waals surface area contributed by atoms with Crippen molar-refractivity contribution in [1.29, 1.82) is 0 Å². The Balaban J connectivity index is 2.05. The monoisotopic (exact) mass is 279 g/mol. The fourth-order valence-electron chi connectivity index (χ4n) is 1.67. The van der Waals surface area contributed by atoms with Gasteiger partial charge in [0.1, 0.15) is 0 Å². The molecule has 6 nitrogen and oxygen atoms in total. The Bertz CT molecular complexity index is 423. The van der Waals surface area contributed by atoms with Crippen molar-refractivity contribution >= 4 is 12.0 Å². The summed E-state index contributed by atoms with van der Waals surface area (Å²) >= 11 is 0. The maximum absolute atomic E-state index is 11.5. The van der Waals surface area contributed by atoms with E-state index in [4.69, 9.17) is 5.11 Å². The van der Waals surface area contributed by atoms with Crippen LogP contribution < -0.4 is 10.6 Å². The van der Waals surface area contributed by atoms with Crippen molar-refractivity contribution in [3.8, 4) is 0 Å². The van der Waals surface area contributed by atoms with E-state index in [1.54, 1.807) is 19.3 Å². The lowest BCUT2D eigenvalue weighted by molar-refractivity contribution is -0.141. The zero-order valence-corrected chi connectivity index (χ0v) is 11.6. The molecule has 0 saturated heterocycles. The Morgan fingerprint density at radius 2 is 1.90 bits per heavy atom. The third kappa shape index (κ3) is 6.72. The number of hydrogen-bond acceptors (Lipinski definition) is 3. The van der Waals surface area contributed by atoms with E-state index in [9.17, 15) is 9.59 Å².